The highest BCUT2D eigenvalue weighted by atomic mass is 79.9. The number of aromatic nitrogens is 1. The summed E-state index contributed by atoms with van der Waals surface area (Å²) in [6.45, 7) is 4.23. The van der Waals surface area contributed by atoms with E-state index in [4.69, 9.17) is 0 Å². The van der Waals surface area contributed by atoms with Crippen LogP contribution < -0.4 is 5.32 Å². The molecule has 6 heteroatoms. The zero-order valence-corrected chi connectivity index (χ0v) is 11.5. The standard InChI is InChI=1S/C11H16BrN3O2/c1-3-5-8(4-2)14-11-10(12)6-9(7-13-11)15(16)17/h6-8H,3-5H2,1-2H3,(H,13,14). The van der Waals surface area contributed by atoms with Gasteiger partial charge in [-0.3, -0.25) is 10.1 Å². The number of pyridine rings is 1. The van der Waals surface area contributed by atoms with Crippen molar-refractivity contribution in [1.82, 2.24) is 4.98 Å². The highest BCUT2D eigenvalue weighted by Gasteiger charge is 2.12. The summed E-state index contributed by atoms with van der Waals surface area (Å²) in [5, 5.41) is 13.9. The van der Waals surface area contributed by atoms with Crippen molar-refractivity contribution >= 4 is 27.4 Å². The van der Waals surface area contributed by atoms with Crippen molar-refractivity contribution in [3.8, 4) is 0 Å². The number of hydrogen-bond acceptors (Lipinski definition) is 4. The van der Waals surface area contributed by atoms with Crippen molar-refractivity contribution in [3.63, 3.8) is 0 Å². The van der Waals surface area contributed by atoms with E-state index in [2.05, 4.69) is 40.1 Å². The summed E-state index contributed by atoms with van der Waals surface area (Å²) in [6, 6.07) is 1.82. The second-order valence-corrected chi connectivity index (χ2v) is 4.67. The van der Waals surface area contributed by atoms with E-state index in [1.807, 2.05) is 0 Å². The van der Waals surface area contributed by atoms with Crippen molar-refractivity contribution in [2.24, 2.45) is 0 Å². The van der Waals surface area contributed by atoms with Gasteiger partial charge in [0.05, 0.1) is 9.40 Å². The van der Waals surface area contributed by atoms with Gasteiger partial charge in [-0.25, -0.2) is 4.98 Å². The topological polar surface area (TPSA) is 68.1 Å². The van der Waals surface area contributed by atoms with Crippen LogP contribution in [0.4, 0.5) is 11.5 Å². The summed E-state index contributed by atoms with van der Waals surface area (Å²) in [7, 11) is 0. The summed E-state index contributed by atoms with van der Waals surface area (Å²) in [5.74, 6) is 0.663. The highest BCUT2D eigenvalue weighted by molar-refractivity contribution is 9.10. The van der Waals surface area contributed by atoms with Gasteiger partial charge in [0.2, 0.25) is 0 Å². The Bertz CT molecular complexity index is 398. The molecule has 1 rings (SSSR count). The van der Waals surface area contributed by atoms with Gasteiger partial charge in [-0.05, 0) is 28.8 Å². The molecule has 0 radical (unpaired) electrons. The molecular weight excluding hydrogens is 286 g/mol. The zero-order valence-electron chi connectivity index (χ0n) is 9.94. The predicted octanol–water partition coefficient (Wildman–Crippen LogP) is 3.74. The van der Waals surface area contributed by atoms with Crippen LogP contribution in [0.25, 0.3) is 0 Å². The molecule has 0 bridgehead atoms. The Labute approximate surface area is 109 Å². The van der Waals surface area contributed by atoms with Gasteiger partial charge in [0.15, 0.2) is 0 Å². The Morgan fingerprint density at radius 1 is 1.59 bits per heavy atom. The summed E-state index contributed by atoms with van der Waals surface area (Å²) in [6.07, 6.45) is 4.42. The van der Waals surface area contributed by atoms with Crippen LogP contribution in [0.3, 0.4) is 0 Å². The van der Waals surface area contributed by atoms with E-state index in [1.54, 1.807) is 0 Å². The zero-order chi connectivity index (χ0) is 12.8. The number of nitrogens with one attached hydrogen (secondary N) is 1. The third-order valence-electron chi connectivity index (χ3n) is 2.51. The molecule has 17 heavy (non-hydrogen) atoms. The Morgan fingerprint density at radius 2 is 2.29 bits per heavy atom. The molecule has 0 aliphatic rings. The van der Waals surface area contributed by atoms with E-state index < -0.39 is 4.92 Å². The smallest absolute Gasteiger partial charge is 0.288 e. The van der Waals surface area contributed by atoms with Crippen molar-refractivity contribution in [3.05, 3.63) is 26.9 Å². The Morgan fingerprint density at radius 3 is 2.76 bits per heavy atom. The fraction of sp³-hybridized carbons (Fsp3) is 0.545. The lowest BCUT2D eigenvalue weighted by Gasteiger charge is -2.17. The second-order valence-electron chi connectivity index (χ2n) is 3.82. The molecule has 1 aromatic rings. The molecule has 0 spiro atoms. The molecule has 0 aromatic carbocycles. The molecule has 1 aromatic heterocycles. The number of nitro groups is 1. The van der Waals surface area contributed by atoms with Crippen molar-refractivity contribution in [2.75, 3.05) is 5.32 Å². The Kier molecular flexibility index (Phi) is 5.34. The van der Waals surface area contributed by atoms with Crippen LogP contribution >= 0.6 is 15.9 Å². The summed E-state index contributed by atoms with van der Waals surface area (Å²) < 4.78 is 0.626. The highest BCUT2D eigenvalue weighted by Crippen LogP contribution is 2.25. The van der Waals surface area contributed by atoms with Crippen LogP contribution in [-0.2, 0) is 0 Å². The molecular formula is C11H16BrN3O2. The van der Waals surface area contributed by atoms with E-state index in [0.29, 0.717) is 16.3 Å². The van der Waals surface area contributed by atoms with E-state index >= 15 is 0 Å². The normalized spacial score (nSPS) is 12.2. The Hall–Kier alpha value is -1.17. The lowest BCUT2D eigenvalue weighted by molar-refractivity contribution is -0.385. The maximum atomic E-state index is 10.6. The predicted molar refractivity (Wildman–Crippen MR) is 71.2 cm³/mol. The van der Waals surface area contributed by atoms with Crippen molar-refractivity contribution < 1.29 is 4.92 Å². The fourth-order valence-electron chi connectivity index (χ4n) is 1.55. The van der Waals surface area contributed by atoms with Crippen LogP contribution in [0.15, 0.2) is 16.7 Å². The number of nitrogens with zero attached hydrogens (tertiary/aromatic N) is 2. The summed E-state index contributed by atoms with van der Waals surface area (Å²) in [4.78, 5) is 14.2. The molecule has 0 saturated carbocycles. The van der Waals surface area contributed by atoms with Crippen LogP contribution in [0.5, 0.6) is 0 Å². The number of rotatable bonds is 6. The van der Waals surface area contributed by atoms with E-state index in [-0.39, 0.29) is 5.69 Å². The molecule has 0 saturated heterocycles. The molecule has 0 fully saturated rings. The Balaban J connectivity index is 2.81. The number of halogens is 1. The largest absolute Gasteiger partial charge is 0.366 e. The third kappa shape index (κ3) is 3.96. The van der Waals surface area contributed by atoms with Gasteiger partial charge in [0.1, 0.15) is 12.0 Å². The molecule has 5 nitrogen and oxygen atoms in total. The lowest BCUT2D eigenvalue weighted by atomic mass is 10.1. The number of hydrogen-bond donors (Lipinski definition) is 1. The summed E-state index contributed by atoms with van der Waals surface area (Å²) >= 11 is 3.29. The summed E-state index contributed by atoms with van der Waals surface area (Å²) in [5.41, 5.74) is -0.00837. The van der Waals surface area contributed by atoms with Gasteiger partial charge in [-0.15, -0.1) is 0 Å². The average Bonchev–Trinajstić information content (AvgIpc) is 2.30. The minimum absolute atomic E-state index is 0.00837. The molecule has 0 aliphatic carbocycles. The minimum Gasteiger partial charge on any atom is -0.366 e. The van der Waals surface area contributed by atoms with Crippen LogP contribution in [0.2, 0.25) is 0 Å². The van der Waals surface area contributed by atoms with Gasteiger partial charge in [-0.1, -0.05) is 20.3 Å². The monoisotopic (exact) mass is 301 g/mol. The van der Waals surface area contributed by atoms with Crippen molar-refractivity contribution in [2.45, 2.75) is 39.2 Å². The first kappa shape index (κ1) is 13.9. The van der Waals surface area contributed by atoms with Gasteiger partial charge in [0.25, 0.3) is 5.69 Å². The van der Waals surface area contributed by atoms with Crippen molar-refractivity contribution in [1.29, 1.82) is 0 Å². The maximum absolute atomic E-state index is 10.6. The molecule has 1 atom stereocenters. The first-order valence-electron chi connectivity index (χ1n) is 5.64. The van der Waals surface area contributed by atoms with E-state index in [9.17, 15) is 10.1 Å². The molecule has 1 heterocycles. The number of anilines is 1. The first-order chi connectivity index (χ1) is 8.08. The average molecular weight is 302 g/mol. The first-order valence-corrected chi connectivity index (χ1v) is 6.44. The quantitative estimate of drug-likeness (QED) is 0.642. The van der Waals surface area contributed by atoms with Crippen LogP contribution in [0.1, 0.15) is 33.1 Å². The molecule has 0 aliphatic heterocycles. The lowest BCUT2D eigenvalue weighted by Crippen LogP contribution is -2.19. The fourth-order valence-corrected chi connectivity index (χ4v) is 2.01. The van der Waals surface area contributed by atoms with E-state index in [1.165, 1.54) is 12.3 Å². The van der Waals surface area contributed by atoms with Gasteiger partial charge < -0.3 is 5.32 Å². The molecule has 1 unspecified atom stereocenters. The maximum Gasteiger partial charge on any atom is 0.288 e. The van der Waals surface area contributed by atoms with Crippen LogP contribution in [0, 0.1) is 10.1 Å². The molecule has 0 amide bonds. The second kappa shape index (κ2) is 6.54. The van der Waals surface area contributed by atoms with Crippen LogP contribution in [-0.4, -0.2) is 15.9 Å². The SMILES string of the molecule is CCCC(CC)Nc1ncc([N+](=O)[O-])cc1Br. The van der Waals surface area contributed by atoms with E-state index in [0.717, 1.165) is 19.3 Å². The molecule has 94 valence electrons. The van der Waals surface area contributed by atoms with Gasteiger partial charge in [-0.2, -0.15) is 0 Å². The molecule has 1 N–H and O–H groups in total. The minimum atomic E-state index is -0.453. The van der Waals surface area contributed by atoms with Gasteiger partial charge in [0, 0.05) is 12.1 Å². The third-order valence-corrected chi connectivity index (χ3v) is 3.11. The van der Waals surface area contributed by atoms with Gasteiger partial charge >= 0.3 is 0 Å².